The van der Waals surface area contributed by atoms with Crippen molar-refractivity contribution in [2.75, 3.05) is 30.0 Å². The molecule has 0 radical (unpaired) electrons. The van der Waals surface area contributed by atoms with Gasteiger partial charge in [-0.05, 0) is 25.1 Å². The minimum absolute atomic E-state index is 0.0388. The summed E-state index contributed by atoms with van der Waals surface area (Å²) >= 11 is 0. The van der Waals surface area contributed by atoms with Crippen molar-refractivity contribution in [2.45, 2.75) is 25.7 Å². The molecule has 3 aromatic rings. The van der Waals surface area contributed by atoms with E-state index < -0.39 is 11.9 Å². The Bertz CT molecular complexity index is 1010. The Morgan fingerprint density at radius 3 is 2.76 bits per heavy atom. The Morgan fingerprint density at radius 2 is 1.97 bits per heavy atom. The van der Waals surface area contributed by atoms with Gasteiger partial charge >= 0.3 is 6.18 Å². The molecule has 29 heavy (non-hydrogen) atoms. The summed E-state index contributed by atoms with van der Waals surface area (Å²) in [7, 11) is 0. The zero-order valence-electron chi connectivity index (χ0n) is 15.6. The van der Waals surface area contributed by atoms with Crippen LogP contribution in [0.15, 0.2) is 36.7 Å². The number of aromatic nitrogens is 4. The van der Waals surface area contributed by atoms with Crippen LogP contribution in [0.3, 0.4) is 0 Å². The van der Waals surface area contributed by atoms with Gasteiger partial charge < -0.3 is 15.0 Å². The Balaban J connectivity index is 1.69. The van der Waals surface area contributed by atoms with Crippen LogP contribution in [-0.4, -0.2) is 45.7 Å². The van der Waals surface area contributed by atoms with Crippen LogP contribution in [0, 0.1) is 0 Å². The van der Waals surface area contributed by atoms with Crippen LogP contribution < -0.4 is 10.2 Å². The first kappa shape index (κ1) is 19.3. The molecule has 1 fully saturated rings. The van der Waals surface area contributed by atoms with E-state index in [2.05, 4.69) is 25.3 Å². The fourth-order valence-corrected chi connectivity index (χ4v) is 3.25. The number of nitrogens with one attached hydrogen (secondary N) is 1. The van der Waals surface area contributed by atoms with Gasteiger partial charge in [-0.15, -0.1) is 0 Å². The summed E-state index contributed by atoms with van der Waals surface area (Å²) in [4.78, 5) is 18.9. The molecule has 0 aliphatic carbocycles. The number of alkyl halides is 3. The maximum Gasteiger partial charge on any atom is 0.433 e. The molecule has 1 atom stereocenters. The molecular weight excluding hydrogens is 385 g/mol. The molecule has 0 amide bonds. The van der Waals surface area contributed by atoms with Gasteiger partial charge in [-0.1, -0.05) is 6.07 Å². The van der Waals surface area contributed by atoms with Crippen molar-refractivity contribution in [1.82, 2.24) is 19.9 Å². The van der Waals surface area contributed by atoms with Gasteiger partial charge in [0.25, 0.3) is 0 Å². The van der Waals surface area contributed by atoms with Gasteiger partial charge in [0, 0.05) is 31.0 Å². The average molecular weight is 404 g/mol. The van der Waals surface area contributed by atoms with Crippen LogP contribution >= 0.6 is 0 Å². The molecule has 4 rings (SSSR count). The van der Waals surface area contributed by atoms with E-state index in [-0.39, 0.29) is 18.2 Å². The van der Waals surface area contributed by atoms with Crippen molar-refractivity contribution in [1.29, 1.82) is 0 Å². The van der Waals surface area contributed by atoms with Crippen LogP contribution in [0.5, 0.6) is 0 Å². The summed E-state index contributed by atoms with van der Waals surface area (Å²) in [6.45, 7) is 3.66. The molecule has 1 N–H and O–H groups in total. The topological polar surface area (TPSA) is 76.1 Å². The molecule has 0 saturated carbocycles. The van der Waals surface area contributed by atoms with Gasteiger partial charge in [-0.25, -0.2) is 4.98 Å². The van der Waals surface area contributed by atoms with Crippen LogP contribution in [0.1, 0.15) is 18.2 Å². The maximum absolute atomic E-state index is 13.2. The largest absolute Gasteiger partial charge is 0.433 e. The van der Waals surface area contributed by atoms with Gasteiger partial charge in [0.15, 0.2) is 5.65 Å². The number of ether oxygens (including phenoxy) is 1. The molecule has 1 aliphatic rings. The van der Waals surface area contributed by atoms with Crippen molar-refractivity contribution in [3.05, 3.63) is 47.9 Å². The number of fused-ring (bicyclic) bond motifs is 1. The second kappa shape index (κ2) is 7.78. The summed E-state index contributed by atoms with van der Waals surface area (Å²) < 4.78 is 45.2. The van der Waals surface area contributed by atoms with Crippen LogP contribution in [0.2, 0.25) is 0 Å². The molecular formula is C19H19F3N6O. The molecule has 1 aliphatic heterocycles. The number of pyridine rings is 2. The summed E-state index contributed by atoms with van der Waals surface area (Å²) in [6, 6.07) is 6.47. The first-order valence-corrected chi connectivity index (χ1v) is 9.15. The second-order valence-corrected chi connectivity index (χ2v) is 6.73. The van der Waals surface area contributed by atoms with Gasteiger partial charge in [0.05, 0.1) is 24.6 Å². The van der Waals surface area contributed by atoms with Crippen LogP contribution in [0.4, 0.5) is 24.9 Å². The number of hydrogen-bond donors (Lipinski definition) is 1. The lowest BCUT2D eigenvalue weighted by molar-refractivity contribution is -0.141. The Labute approximate surface area is 165 Å². The van der Waals surface area contributed by atoms with Crippen molar-refractivity contribution in [3.63, 3.8) is 0 Å². The predicted octanol–water partition coefficient (Wildman–Crippen LogP) is 3.28. The number of morpholine rings is 1. The van der Waals surface area contributed by atoms with E-state index >= 15 is 0 Å². The standard InChI is InChI=1S/C19H19F3N6O/c1-12-11-29-9-8-28(12)18-26-16-14(5-3-7-24-16)17(27-18)25-10-13-4-2-6-23-15(13)19(20,21)22/h2-7,12H,8-11H2,1H3,(H,24,25,26,27)/t12-/m0/s1. The summed E-state index contributed by atoms with van der Waals surface area (Å²) in [5.41, 5.74) is -0.399. The number of hydrogen-bond acceptors (Lipinski definition) is 7. The smallest absolute Gasteiger partial charge is 0.377 e. The lowest BCUT2D eigenvalue weighted by atomic mass is 10.2. The van der Waals surface area contributed by atoms with Gasteiger partial charge in [0.2, 0.25) is 5.95 Å². The minimum Gasteiger partial charge on any atom is -0.377 e. The summed E-state index contributed by atoms with van der Waals surface area (Å²) in [5.74, 6) is 0.894. The Hall–Kier alpha value is -3.01. The van der Waals surface area contributed by atoms with E-state index in [1.165, 1.54) is 12.1 Å². The normalized spacial score (nSPS) is 17.5. The fraction of sp³-hybridized carbons (Fsp3) is 0.368. The highest BCUT2D eigenvalue weighted by molar-refractivity contribution is 5.87. The van der Waals surface area contributed by atoms with E-state index in [0.717, 1.165) is 6.20 Å². The van der Waals surface area contributed by atoms with Crippen molar-refractivity contribution in [3.8, 4) is 0 Å². The predicted molar refractivity (Wildman–Crippen MR) is 102 cm³/mol. The average Bonchev–Trinajstić information content (AvgIpc) is 2.71. The lowest BCUT2D eigenvalue weighted by Gasteiger charge is -2.33. The molecule has 0 unspecified atom stereocenters. The fourth-order valence-electron chi connectivity index (χ4n) is 3.25. The molecule has 0 aromatic carbocycles. The monoisotopic (exact) mass is 404 g/mol. The second-order valence-electron chi connectivity index (χ2n) is 6.73. The van der Waals surface area contributed by atoms with Crippen molar-refractivity contribution in [2.24, 2.45) is 0 Å². The highest BCUT2D eigenvalue weighted by atomic mass is 19.4. The van der Waals surface area contributed by atoms with E-state index in [1.807, 2.05) is 11.8 Å². The number of halogens is 3. The Morgan fingerprint density at radius 1 is 1.17 bits per heavy atom. The maximum atomic E-state index is 13.2. The zero-order valence-corrected chi connectivity index (χ0v) is 15.6. The van der Waals surface area contributed by atoms with Gasteiger partial charge in [0.1, 0.15) is 11.5 Å². The van der Waals surface area contributed by atoms with Gasteiger partial charge in [-0.2, -0.15) is 23.1 Å². The summed E-state index contributed by atoms with van der Waals surface area (Å²) in [6.07, 6.45) is -1.77. The third-order valence-corrected chi connectivity index (χ3v) is 4.69. The minimum atomic E-state index is -4.53. The molecule has 4 heterocycles. The quantitative estimate of drug-likeness (QED) is 0.715. The third-order valence-electron chi connectivity index (χ3n) is 4.69. The number of anilines is 2. The highest BCUT2D eigenvalue weighted by Gasteiger charge is 2.35. The van der Waals surface area contributed by atoms with Crippen LogP contribution in [0.25, 0.3) is 11.0 Å². The number of rotatable bonds is 4. The van der Waals surface area contributed by atoms with Crippen molar-refractivity contribution >= 4 is 22.8 Å². The van der Waals surface area contributed by atoms with E-state index in [0.29, 0.717) is 42.6 Å². The molecule has 7 nitrogen and oxygen atoms in total. The SMILES string of the molecule is C[C@H]1COCCN1c1nc(NCc2cccnc2C(F)(F)F)c2cccnc2n1. The van der Waals surface area contributed by atoms with Crippen LogP contribution in [-0.2, 0) is 17.5 Å². The number of nitrogens with zero attached hydrogens (tertiary/aromatic N) is 5. The van der Waals surface area contributed by atoms with Gasteiger partial charge in [-0.3, -0.25) is 4.98 Å². The first-order chi connectivity index (χ1) is 13.9. The molecule has 1 saturated heterocycles. The zero-order chi connectivity index (χ0) is 20.4. The summed E-state index contributed by atoms with van der Waals surface area (Å²) in [5, 5.41) is 3.66. The van der Waals surface area contributed by atoms with Crippen molar-refractivity contribution < 1.29 is 17.9 Å². The van der Waals surface area contributed by atoms with E-state index in [4.69, 9.17) is 4.74 Å². The molecule has 0 bridgehead atoms. The van der Waals surface area contributed by atoms with E-state index in [9.17, 15) is 13.2 Å². The van der Waals surface area contributed by atoms with E-state index in [1.54, 1.807) is 18.3 Å². The lowest BCUT2D eigenvalue weighted by Crippen LogP contribution is -2.44. The molecule has 10 heteroatoms. The third kappa shape index (κ3) is 4.07. The Kier molecular flexibility index (Phi) is 5.18. The molecule has 152 valence electrons. The highest BCUT2D eigenvalue weighted by Crippen LogP contribution is 2.31. The molecule has 3 aromatic heterocycles. The molecule has 0 spiro atoms. The first-order valence-electron chi connectivity index (χ1n) is 9.15.